The number of carbonyl (C=O) groups excluding carboxylic acids is 1. The Morgan fingerprint density at radius 3 is 2.40 bits per heavy atom. The van der Waals surface area contributed by atoms with Gasteiger partial charge in [-0.25, -0.2) is 4.79 Å². The van der Waals surface area contributed by atoms with E-state index in [0.29, 0.717) is 19.0 Å². The second-order valence-electron chi connectivity index (χ2n) is 5.69. The standard InChI is InChI=1S/C14H25N3O3/c1-10(2)5-12(6-13(18)19)8-16-14(20)17(4)9-11(3)7-15/h10-12H,5-6,8-9H2,1-4H3,(H,16,20)(H,18,19)/t11?,12-/m0/s1. The van der Waals surface area contributed by atoms with Gasteiger partial charge in [-0.05, 0) is 25.2 Å². The van der Waals surface area contributed by atoms with Crippen molar-refractivity contribution in [3.8, 4) is 6.07 Å². The molecule has 0 saturated heterocycles. The number of hydrogen-bond acceptors (Lipinski definition) is 3. The Morgan fingerprint density at radius 2 is 1.95 bits per heavy atom. The summed E-state index contributed by atoms with van der Waals surface area (Å²) in [5, 5.41) is 20.3. The SMILES string of the molecule is CC(C)C[C@H](CNC(=O)N(C)CC(C)C#N)CC(=O)O. The number of rotatable bonds is 8. The van der Waals surface area contributed by atoms with Gasteiger partial charge in [-0.3, -0.25) is 4.79 Å². The van der Waals surface area contributed by atoms with E-state index in [2.05, 4.69) is 11.4 Å². The lowest BCUT2D eigenvalue weighted by molar-refractivity contribution is -0.138. The van der Waals surface area contributed by atoms with Crippen molar-refractivity contribution in [1.29, 1.82) is 5.26 Å². The molecule has 0 aliphatic heterocycles. The second-order valence-corrected chi connectivity index (χ2v) is 5.69. The molecule has 0 rings (SSSR count). The van der Waals surface area contributed by atoms with Crippen molar-refractivity contribution >= 4 is 12.0 Å². The second kappa shape index (κ2) is 9.18. The molecule has 0 spiro atoms. The van der Waals surface area contributed by atoms with Gasteiger partial charge in [0.1, 0.15) is 0 Å². The number of carboxylic acid groups (broad SMARTS) is 1. The van der Waals surface area contributed by atoms with Crippen LogP contribution in [-0.4, -0.2) is 42.1 Å². The predicted molar refractivity (Wildman–Crippen MR) is 76.0 cm³/mol. The molecule has 114 valence electrons. The van der Waals surface area contributed by atoms with E-state index in [9.17, 15) is 9.59 Å². The molecule has 0 saturated carbocycles. The van der Waals surface area contributed by atoms with Crippen LogP contribution < -0.4 is 5.32 Å². The summed E-state index contributed by atoms with van der Waals surface area (Å²) in [5.74, 6) is -0.765. The lowest BCUT2D eigenvalue weighted by atomic mass is 9.94. The van der Waals surface area contributed by atoms with Crippen molar-refractivity contribution in [2.24, 2.45) is 17.8 Å². The number of nitriles is 1. The van der Waals surface area contributed by atoms with Crippen molar-refractivity contribution in [1.82, 2.24) is 10.2 Å². The van der Waals surface area contributed by atoms with Crippen LogP contribution in [0.2, 0.25) is 0 Å². The molecular weight excluding hydrogens is 258 g/mol. The summed E-state index contributed by atoms with van der Waals surface area (Å²) in [5.41, 5.74) is 0. The fourth-order valence-electron chi connectivity index (χ4n) is 2.05. The first-order valence-corrected chi connectivity index (χ1v) is 6.86. The number of amides is 2. The van der Waals surface area contributed by atoms with Crippen LogP contribution >= 0.6 is 0 Å². The quantitative estimate of drug-likeness (QED) is 0.711. The van der Waals surface area contributed by atoms with Crippen LogP contribution in [0.4, 0.5) is 4.79 Å². The molecule has 0 bridgehead atoms. The van der Waals surface area contributed by atoms with E-state index in [0.717, 1.165) is 6.42 Å². The van der Waals surface area contributed by atoms with E-state index in [1.807, 2.05) is 13.8 Å². The molecule has 0 fully saturated rings. The first-order valence-electron chi connectivity index (χ1n) is 6.86. The number of carboxylic acids is 1. The van der Waals surface area contributed by atoms with Gasteiger partial charge in [0, 0.05) is 26.6 Å². The fraction of sp³-hybridized carbons (Fsp3) is 0.786. The van der Waals surface area contributed by atoms with Gasteiger partial charge in [0.15, 0.2) is 0 Å². The number of nitrogens with zero attached hydrogens (tertiary/aromatic N) is 2. The Hall–Kier alpha value is -1.77. The van der Waals surface area contributed by atoms with Gasteiger partial charge < -0.3 is 15.3 Å². The van der Waals surface area contributed by atoms with E-state index >= 15 is 0 Å². The first-order chi connectivity index (χ1) is 9.26. The largest absolute Gasteiger partial charge is 0.481 e. The molecule has 2 N–H and O–H groups in total. The lowest BCUT2D eigenvalue weighted by Crippen LogP contribution is -2.41. The fourth-order valence-corrected chi connectivity index (χ4v) is 2.05. The summed E-state index contributed by atoms with van der Waals surface area (Å²) in [7, 11) is 1.62. The third kappa shape index (κ3) is 8.35. The molecule has 6 nitrogen and oxygen atoms in total. The van der Waals surface area contributed by atoms with Crippen LogP contribution in [0.15, 0.2) is 0 Å². The van der Waals surface area contributed by atoms with Crippen LogP contribution in [0.1, 0.15) is 33.6 Å². The zero-order chi connectivity index (χ0) is 15.7. The third-order valence-electron chi connectivity index (χ3n) is 2.92. The van der Waals surface area contributed by atoms with Crippen LogP contribution in [0.5, 0.6) is 0 Å². The summed E-state index contributed by atoms with van der Waals surface area (Å²) in [6, 6.07) is 1.80. The molecule has 0 aromatic heterocycles. The zero-order valence-electron chi connectivity index (χ0n) is 12.7. The number of carbonyl (C=O) groups is 2. The zero-order valence-corrected chi connectivity index (χ0v) is 12.7. The van der Waals surface area contributed by atoms with Crippen LogP contribution in [-0.2, 0) is 4.79 Å². The summed E-state index contributed by atoms with van der Waals surface area (Å²) in [4.78, 5) is 24.1. The lowest BCUT2D eigenvalue weighted by Gasteiger charge is -2.22. The van der Waals surface area contributed by atoms with Gasteiger partial charge >= 0.3 is 12.0 Å². The smallest absolute Gasteiger partial charge is 0.317 e. The average Bonchev–Trinajstić information content (AvgIpc) is 2.33. The predicted octanol–water partition coefficient (Wildman–Crippen LogP) is 1.92. The highest BCUT2D eigenvalue weighted by atomic mass is 16.4. The van der Waals surface area contributed by atoms with E-state index in [-0.39, 0.29) is 24.3 Å². The molecule has 2 atom stereocenters. The summed E-state index contributed by atoms with van der Waals surface area (Å²) in [6.45, 7) is 6.50. The highest BCUT2D eigenvalue weighted by Crippen LogP contribution is 2.14. The summed E-state index contributed by atoms with van der Waals surface area (Å²) < 4.78 is 0. The molecule has 1 unspecified atom stereocenters. The molecule has 0 aliphatic carbocycles. The number of nitrogens with one attached hydrogen (secondary N) is 1. The molecule has 6 heteroatoms. The van der Waals surface area contributed by atoms with Crippen molar-refractivity contribution in [2.75, 3.05) is 20.1 Å². The number of hydrogen-bond donors (Lipinski definition) is 2. The van der Waals surface area contributed by atoms with E-state index in [1.54, 1.807) is 14.0 Å². The molecule has 0 aromatic rings. The normalized spacial score (nSPS) is 13.4. The Balaban J connectivity index is 4.28. The molecule has 0 aromatic carbocycles. The van der Waals surface area contributed by atoms with E-state index in [1.165, 1.54) is 4.90 Å². The molecular formula is C14H25N3O3. The van der Waals surface area contributed by atoms with Gasteiger partial charge in [-0.1, -0.05) is 13.8 Å². The maximum Gasteiger partial charge on any atom is 0.317 e. The van der Waals surface area contributed by atoms with Gasteiger partial charge in [0.05, 0.1) is 12.0 Å². The van der Waals surface area contributed by atoms with Gasteiger partial charge in [0.2, 0.25) is 0 Å². The molecule has 0 radical (unpaired) electrons. The Labute approximate surface area is 120 Å². The minimum atomic E-state index is -0.851. The van der Waals surface area contributed by atoms with Crippen molar-refractivity contribution in [2.45, 2.75) is 33.6 Å². The molecule has 20 heavy (non-hydrogen) atoms. The maximum absolute atomic E-state index is 11.8. The summed E-state index contributed by atoms with van der Waals surface area (Å²) in [6.07, 6.45) is 0.807. The van der Waals surface area contributed by atoms with E-state index < -0.39 is 5.97 Å². The first kappa shape index (κ1) is 18.2. The maximum atomic E-state index is 11.8. The third-order valence-corrected chi connectivity index (χ3v) is 2.92. The van der Waals surface area contributed by atoms with Crippen molar-refractivity contribution in [3.05, 3.63) is 0 Å². The molecule has 0 aliphatic rings. The van der Waals surface area contributed by atoms with Gasteiger partial charge in [-0.15, -0.1) is 0 Å². The van der Waals surface area contributed by atoms with Gasteiger partial charge in [0.25, 0.3) is 0 Å². The monoisotopic (exact) mass is 283 g/mol. The number of urea groups is 1. The Morgan fingerprint density at radius 1 is 1.35 bits per heavy atom. The van der Waals surface area contributed by atoms with Crippen LogP contribution in [0.25, 0.3) is 0 Å². The van der Waals surface area contributed by atoms with Crippen LogP contribution in [0, 0.1) is 29.1 Å². The Kier molecular flexibility index (Phi) is 8.37. The average molecular weight is 283 g/mol. The van der Waals surface area contributed by atoms with Crippen molar-refractivity contribution in [3.63, 3.8) is 0 Å². The number of aliphatic carboxylic acids is 1. The molecule has 0 heterocycles. The summed E-state index contributed by atoms with van der Waals surface area (Å²) >= 11 is 0. The molecule has 2 amide bonds. The van der Waals surface area contributed by atoms with Crippen LogP contribution in [0.3, 0.4) is 0 Å². The Bertz CT molecular complexity index is 363. The minimum Gasteiger partial charge on any atom is -0.481 e. The topological polar surface area (TPSA) is 93.4 Å². The highest BCUT2D eigenvalue weighted by molar-refractivity contribution is 5.74. The minimum absolute atomic E-state index is 0.0524. The highest BCUT2D eigenvalue weighted by Gasteiger charge is 2.18. The van der Waals surface area contributed by atoms with E-state index in [4.69, 9.17) is 10.4 Å². The van der Waals surface area contributed by atoms with Crippen molar-refractivity contribution < 1.29 is 14.7 Å². The van der Waals surface area contributed by atoms with Gasteiger partial charge in [-0.2, -0.15) is 5.26 Å².